The van der Waals surface area contributed by atoms with Gasteiger partial charge in [-0.05, 0) is 55.0 Å². The number of nitrogens with zero attached hydrogens (tertiary/aromatic N) is 1. The average molecular weight is 423 g/mol. The summed E-state index contributed by atoms with van der Waals surface area (Å²) in [6, 6.07) is 13.0. The molecule has 166 valence electrons. The van der Waals surface area contributed by atoms with E-state index in [0.29, 0.717) is 6.54 Å². The van der Waals surface area contributed by atoms with Crippen molar-refractivity contribution in [2.24, 2.45) is 5.92 Å². The maximum Gasteiger partial charge on any atom is 0.223 e. The minimum absolute atomic E-state index is 0.107. The van der Waals surface area contributed by atoms with Crippen molar-refractivity contribution in [2.75, 3.05) is 27.3 Å². The van der Waals surface area contributed by atoms with Crippen molar-refractivity contribution in [1.82, 2.24) is 10.2 Å². The van der Waals surface area contributed by atoms with Crippen LogP contribution in [0.15, 0.2) is 36.4 Å². The van der Waals surface area contributed by atoms with Gasteiger partial charge in [-0.3, -0.25) is 9.69 Å². The van der Waals surface area contributed by atoms with Crippen molar-refractivity contribution < 1.29 is 14.3 Å². The number of nitrogens with one attached hydrogen (secondary N) is 1. The van der Waals surface area contributed by atoms with Crippen LogP contribution in [0, 0.1) is 12.8 Å². The third-order valence-electron chi connectivity index (χ3n) is 6.82. The topological polar surface area (TPSA) is 50.8 Å². The van der Waals surface area contributed by atoms with Gasteiger partial charge >= 0.3 is 0 Å². The van der Waals surface area contributed by atoms with Gasteiger partial charge in [0.1, 0.15) is 0 Å². The van der Waals surface area contributed by atoms with Crippen LogP contribution in [0.2, 0.25) is 0 Å². The summed E-state index contributed by atoms with van der Waals surface area (Å²) in [5, 5.41) is 3.27. The van der Waals surface area contributed by atoms with Crippen molar-refractivity contribution in [3.63, 3.8) is 0 Å². The zero-order chi connectivity index (χ0) is 21.8. The van der Waals surface area contributed by atoms with E-state index in [1.54, 1.807) is 14.2 Å². The molecule has 5 nitrogen and oxygen atoms in total. The first-order valence-electron chi connectivity index (χ1n) is 11.4. The normalized spacial score (nSPS) is 19.1. The molecule has 0 aromatic heterocycles. The second-order valence-corrected chi connectivity index (χ2v) is 8.85. The lowest BCUT2D eigenvalue weighted by Gasteiger charge is -2.38. The van der Waals surface area contributed by atoms with Gasteiger partial charge in [-0.1, -0.05) is 42.7 Å². The van der Waals surface area contributed by atoms with Crippen LogP contribution in [-0.2, 0) is 17.8 Å². The Bertz CT molecular complexity index is 904. The van der Waals surface area contributed by atoms with Crippen LogP contribution in [0.5, 0.6) is 11.5 Å². The zero-order valence-electron chi connectivity index (χ0n) is 18.9. The molecular weight excluding hydrogens is 388 g/mol. The smallest absolute Gasteiger partial charge is 0.223 e. The van der Waals surface area contributed by atoms with Gasteiger partial charge in [0.2, 0.25) is 5.91 Å². The Morgan fingerprint density at radius 1 is 1.06 bits per heavy atom. The Hall–Kier alpha value is -2.53. The first-order valence-corrected chi connectivity index (χ1v) is 11.4. The predicted molar refractivity (Wildman–Crippen MR) is 123 cm³/mol. The fourth-order valence-corrected chi connectivity index (χ4v) is 4.97. The number of hydrogen-bond acceptors (Lipinski definition) is 4. The maximum atomic E-state index is 12.8. The summed E-state index contributed by atoms with van der Waals surface area (Å²) in [6.07, 6.45) is 5.33. The lowest BCUT2D eigenvalue weighted by Crippen LogP contribution is -2.43. The van der Waals surface area contributed by atoms with Crippen molar-refractivity contribution >= 4 is 5.91 Å². The number of aryl methyl sites for hydroxylation is 1. The Balaban J connectivity index is 1.59. The third-order valence-corrected chi connectivity index (χ3v) is 6.82. The van der Waals surface area contributed by atoms with Crippen molar-refractivity contribution in [2.45, 2.75) is 51.6 Å². The van der Waals surface area contributed by atoms with Crippen LogP contribution >= 0.6 is 0 Å². The van der Waals surface area contributed by atoms with Crippen LogP contribution in [0.1, 0.15) is 54.0 Å². The molecule has 1 aliphatic carbocycles. The monoisotopic (exact) mass is 422 g/mol. The molecule has 2 aromatic rings. The van der Waals surface area contributed by atoms with Gasteiger partial charge in [0.25, 0.3) is 0 Å². The van der Waals surface area contributed by atoms with E-state index in [4.69, 9.17) is 9.47 Å². The van der Waals surface area contributed by atoms with Crippen LogP contribution in [0.25, 0.3) is 0 Å². The molecule has 1 heterocycles. The maximum absolute atomic E-state index is 12.8. The molecular formula is C26H34N2O3. The summed E-state index contributed by atoms with van der Waals surface area (Å²) < 4.78 is 11.1. The van der Waals surface area contributed by atoms with Gasteiger partial charge in [-0.2, -0.15) is 0 Å². The first-order chi connectivity index (χ1) is 15.1. The number of fused-ring (bicyclic) bond motifs is 1. The van der Waals surface area contributed by atoms with Gasteiger partial charge < -0.3 is 14.8 Å². The van der Waals surface area contributed by atoms with Crippen molar-refractivity contribution in [3.8, 4) is 11.5 Å². The lowest BCUT2D eigenvalue weighted by molar-refractivity contribution is -0.125. The molecule has 2 aliphatic rings. The van der Waals surface area contributed by atoms with Crippen LogP contribution in [0.3, 0.4) is 0 Å². The van der Waals surface area contributed by atoms with Gasteiger partial charge in [0.15, 0.2) is 11.5 Å². The highest BCUT2D eigenvalue weighted by Crippen LogP contribution is 2.38. The Labute approximate surface area is 185 Å². The highest BCUT2D eigenvalue weighted by atomic mass is 16.5. The fourth-order valence-electron chi connectivity index (χ4n) is 4.97. The molecule has 0 spiro atoms. The molecule has 0 bridgehead atoms. The van der Waals surface area contributed by atoms with Crippen LogP contribution in [-0.4, -0.2) is 38.1 Å². The van der Waals surface area contributed by atoms with Crippen molar-refractivity contribution in [1.29, 1.82) is 0 Å². The fraction of sp³-hybridized carbons (Fsp3) is 0.500. The number of ether oxygens (including phenoxy) is 2. The second-order valence-electron chi connectivity index (χ2n) is 8.85. The molecule has 31 heavy (non-hydrogen) atoms. The Morgan fingerprint density at radius 3 is 2.42 bits per heavy atom. The van der Waals surface area contributed by atoms with Gasteiger partial charge in [0.05, 0.1) is 20.3 Å². The van der Waals surface area contributed by atoms with E-state index in [0.717, 1.165) is 43.9 Å². The summed E-state index contributed by atoms with van der Waals surface area (Å²) in [6.45, 7) is 4.53. The number of rotatable bonds is 7. The van der Waals surface area contributed by atoms with Gasteiger partial charge in [-0.25, -0.2) is 0 Å². The molecule has 0 unspecified atom stereocenters. The van der Waals surface area contributed by atoms with E-state index in [-0.39, 0.29) is 17.9 Å². The largest absolute Gasteiger partial charge is 0.493 e. The van der Waals surface area contributed by atoms with E-state index >= 15 is 0 Å². The number of amides is 1. The number of benzene rings is 2. The minimum atomic E-state index is 0.107. The molecule has 0 saturated heterocycles. The highest BCUT2D eigenvalue weighted by molar-refractivity contribution is 5.78. The molecule has 1 N–H and O–H groups in total. The van der Waals surface area contributed by atoms with E-state index in [2.05, 4.69) is 53.5 Å². The van der Waals surface area contributed by atoms with E-state index in [9.17, 15) is 4.79 Å². The predicted octanol–water partition coefficient (Wildman–Crippen LogP) is 4.42. The SMILES string of the molecule is COc1cc2c(cc1OC)[C@@H](CNC(=O)C1CCCC1)N(Cc1ccc(C)cc1)CC2. The summed E-state index contributed by atoms with van der Waals surface area (Å²) in [5.41, 5.74) is 5.06. The molecule has 1 fully saturated rings. The minimum Gasteiger partial charge on any atom is -0.493 e. The van der Waals surface area contributed by atoms with E-state index < -0.39 is 0 Å². The molecule has 1 atom stereocenters. The molecule has 5 heteroatoms. The Kier molecular flexibility index (Phi) is 6.81. The van der Waals surface area contributed by atoms with Gasteiger partial charge in [0, 0.05) is 25.6 Å². The quantitative estimate of drug-likeness (QED) is 0.718. The number of carbonyl (C=O) groups excluding carboxylic acids is 1. The summed E-state index contributed by atoms with van der Waals surface area (Å²) in [4.78, 5) is 15.2. The summed E-state index contributed by atoms with van der Waals surface area (Å²) in [7, 11) is 3.35. The molecule has 0 radical (unpaired) electrons. The summed E-state index contributed by atoms with van der Waals surface area (Å²) in [5.74, 6) is 1.90. The number of methoxy groups -OCH3 is 2. The Morgan fingerprint density at radius 2 is 1.74 bits per heavy atom. The van der Waals surface area contributed by atoms with Crippen molar-refractivity contribution in [3.05, 3.63) is 58.7 Å². The van der Waals surface area contributed by atoms with Gasteiger partial charge in [-0.15, -0.1) is 0 Å². The highest BCUT2D eigenvalue weighted by Gasteiger charge is 2.31. The standard InChI is InChI=1S/C26H34N2O3/c1-18-8-10-19(11-9-18)17-28-13-12-21-14-24(30-2)25(31-3)15-22(21)23(28)16-27-26(29)20-6-4-5-7-20/h8-11,14-15,20,23H,4-7,12-13,16-17H2,1-3H3,(H,27,29)/t23-/m1/s1. The molecule has 1 aliphatic heterocycles. The van der Waals surface area contributed by atoms with E-state index in [1.165, 1.54) is 35.1 Å². The zero-order valence-corrected chi connectivity index (χ0v) is 18.9. The number of hydrogen-bond donors (Lipinski definition) is 1. The first kappa shape index (κ1) is 21.7. The average Bonchev–Trinajstić information content (AvgIpc) is 3.33. The molecule has 1 amide bonds. The third kappa shape index (κ3) is 4.87. The van der Waals surface area contributed by atoms with Crippen LogP contribution < -0.4 is 14.8 Å². The van der Waals surface area contributed by atoms with E-state index in [1.807, 2.05) is 0 Å². The lowest BCUT2D eigenvalue weighted by atomic mass is 9.91. The number of carbonyl (C=O) groups is 1. The van der Waals surface area contributed by atoms with Crippen LogP contribution in [0.4, 0.5) is 0 Å². The molecule has 2 aromatic carbocycles. The second kappa shape index (κ2) is 9.73. The summed E-state index contributed by atoms with van der Waals surface area (Å²) >= 11 is 0. The molecule has 4 rings (SSSR count). The molecule has 1 saturated carbocycles.